The number of morpholine rings is 1. The van der Waals surface area contributed by atoms with Gasteiger partial charge < -0.3 is 24.8 Å². The Balaban J connectivity index is 1.31. The largest absolute Gasteiger partial charge is 0.373 e. The summed E-state index contributed by atoms with van der Waals surface area (Å²) in [7, 11) is 2.13. The Labute approximate surface area is 253 Å². The number of anilines is 3. The van der Waals surface area contributed by atoms with Gasteiger partial charge in [-0.1, -0.05) is 43.0 Å². The fourth-order valence-corrected chi connectivity index (χ4v) is 6.46. The lowest BCUT2D eigenvalue weighted by atomic mass is 10.0. The van der Waals surface area contributed by atoms with Crippen molar-refractivity contribution in [2.75, 3.05) is 68.0 Å². The highest BCUT2D eigenvalue weighted by atomic mass is 16.5. The van der Waals surface area contributed by atoms with E-state index in [4.69, 9.17) is 14.7 Å². The van der Waals surface area contributed by atoms with E-state index in [2.05, 4.69) is 89.1 Å². The summed E-state index contributed by atoms with van der Waals surface area (Å²) in [5, 5.41) is 15.5. The second-order valence-corrected chi connectivity index (χ2v) is 11.8. The first kappa shape index (κ1) is 28.9. The molecule has 2 aromatic carbocycles. The summed E-state index contributed by atoms with van der Waals surface area (Å²) in [5.41, 5.74) is 3.35. The first-order valence-corrected chi connectivity index (χ1v) is 15.2. The first-order valence-electron chi connectivity index (χ1n) is 15.2. The Morgan fingerprint density at radius 3 is 2.79 bits per heavy atom. The Hall–Kier alpha value is -4.20. The van der Waals surface area contributed by atoms with Gasteiger partial charge in [-0.3, -0.25) is 9.69 Å². The average molecular weight is 581 g/mol. The van der Waals surface area contributed by atoms with Gasteiger partial charge in [0, 0.05) is 61.9 Å². The minimum absolute atomic E-state index is 0.0462. The van der Waals surface area contributed by atoms with E-state index in [1.807, 2.05) is 0 Å². The predicted molar refractivity (Wildman–Crippen MR) is 169 cm³/mol. The fourth-order valence-electron chi connectivity index (χ4n) is 6.46. The number of amides is 1. The number of carbonyl (C=O) groups is 1. The van der Waals surface area contributed by atoms with Crippen molar-refractivity contribution in [2.45, 2.75) is 44.5 Å². The molecule has 224 valence electrons. The number of hydrogen-bond acceptors (Lipinski definition) is 9. The van der Waals surface area contributed by atoms with Crippen LogP contribution < -0.4 is 15.1 Å². The second kappa shape index (κ2) is 12.6. The number of aromatic nitrogens is 2. The van der Waals surface area contributed by atoms with Gasteiger partial charge in [-0.25, -0.2) is 4.98 Å². The second-order valence-electron chi connectivity index (χ2n) is 11.8. The molecular formula is C33H40N8O2. The zero-order chi connectivity index (χ0) is 29.9. The van der Waals surface area contributed by atoms with E-state index < -0.39 is 0 Å². The van der Waals surface area contributed by atoms with Crippen LogP contribution in [0.1, 0.15) is 24.6 Å². The van der Waals surface area contributed by atoms with Crippen LogP contribution in [0, 0.1) is 11.3 Å². The van der Waals surface area contributed by atoms with E-state index in [0.29, 0.717) is 51.3 Å². The molecule has 3 aliphatic rings. The summed E-state index contributed by atoms with van der Waals surface area (Å²) in [6.07, 6.45) is 2.44. The standard InChI is InChI=1S/C33H40N8O2/c1-4-31(42)41-17-16-40(19-25(41)12-14-34)32-28-13-15-39(30-11-7-9-24-8-5-6-10-27(24)30)21-29(28)36-33(37-32)35-18-26-20-38(3)23(2)22-43-26/h4-11,23,25-26H,1,12-13,15-22H2,2-3H3,(H,35,36,37)/t23-,25+,26+/m1/s1. The van der Waals surface area contributed by atoms with Crippen molar-refractivity contribution in [3.63, 3.8) is 0 Å². The van der Waals surface area contributed by atoms with E-state index >= 15 is 0 Å². The molecule has 3 aromatic rings. The Kier molecular flexibility index (Phi) is 8.45. The highest BCUT2D eigenvalue weighted by Gasteiger charge is 2.33. The lowest BCUT2D eigenvalue weighted by Gasteiger charge is -2.42. The van der Waals surface area contributed by atoms with E-state index in [1.165, 1.54) is 22.5 Å². The maximum Gasteiger partial charge on any atom is 0.246 e. The van der Waals surface area contributed by atoms with Crippen molar-refractivity contribution in [3.05, 3.63) is 66.4 Å². The SMILES string of the molecule is C=CC(=O)N1CCN(c2nc(NC[C@H]3CN(C)[C@H](C)CO3)nc3c2CCN(c2cccc4ccccc24)C3)C[C@@H]1CC#N. The molecule has 0 radical (unpaired) electrons. The molecule has 0 saturated carbocycles. The molecule has 1 N–H and O–H groups in total. The summed E-state index contributed by atoms with van der Waals surface area (Å²) in [6.45, 7) is 11.2. The zero-order valence-electron chi connectivity index (χ0n) is 25.1. The molecular weight excluding hydrogens is 540 g/mol. The number of benzene rings is 2. The minimum atomic E-state index is -0.227. The summed E-state index contributed by atoms with van der Waals surface area (Å²) in [6, 6.07) is 17.4. The number of nitrogens with zero attached hydrogens (tertiary/aromatic N) is 7. The van der Waals surface area contributed by atoms with E-state index in [-0.39, 0.29) is 24.5 Å². The maximum atomic E-state index is 12.5. The monoisotopic (exact) mass is 580 g/mol. The van der Waals surface area contributed by atoms with Crippen molar-refractivity contribution >= 4 is 34.1 Å². The van der Waals surface area contributed by atoms with Crippen molar-refractivity contribution in [2.24, 2.45) is 0 Å². The predicted octanol–water partition coefficient (Wildman–Crippen LogP) is 3.44. The molecule has 0 aliphatic carbocycles. The van der Waals surface area contributed by atoms with Gasteiger partial charge in [-0.05, 0) is 37.9 Å². The number of ether oxygens (including phenoxy) is 1. The normalized spacial score (nSPS) is 22.6. The van der Waals surface area contributed by atoms with Crippen molar-refractivity contribution in [1.82, 2.24) is 19.8 Å². The molecule has 0 unspecified atom stereocenters. The number of likely N-dealkylation sites (N-methyl/N-ethyl adjacent to an activating group) is 1. The molecule has 10 heteroatoms. The van der Waals surface area contributed by atoms with Crippen LogP contribution in [0.2, 0.25) is 0 Å². The van der Waals surface area contributed by atoms with E-state index in [0.717, 1.165) is 36.6 Å². The molecule has 43 heavy (non-hydrogen) atoms. The highest BCUT2D eigenvalue weighted by Crippen LogP contribution is 2.34. The maximum absolute atomic E-state index is 12.5. The topological polar surface area (TPSA) is 101 Å². The highest BCUT2D eigenvalue weighted by molar-refractivity contribution is 5.94. The third-order valence-electron chi connectivity index (χ3n) is 9.02. The third kappa shape index (κ3) is 6.01. The van der Waals surface area contributed by atoms with Gasteiger partial charge in [0.05, 0.1) is 43.5 Å². The molecule has 4 heterocycles. The molecule has 10 nitrogen and oxygen atoms in total. The van der Waals surface area contributed by atoms with Crippen LogP contribution in [0.15, 0.2) is 55.1 Å². The number of rotatable bonds is 7. The molecule has 2 fully saturated rings. The molecule has 0 spiro atoms. The summed E-state index contributed by atoms with van der Waals surface area (Å²) < 4.78 is 6.09. The van der Waals surface area contributed by atoms with Crippen molar-refractivity contribution in [1.29, 1.82) is 5.26 Å². The number of nitrogens with one attached hydrogen (secondary N) is 1. The van der Waals surface area contributed by atoms with Gasteiger partial charge in [-0.15, -0.1) is 0 Å². The molecule has 6 rings (SSSR count). The molecule has 0 bridgehead atoms. The Morgan fingerprint density at radius 2 is 1.98 bits per heavy atom. The van der Waals surface area contributed by atoms with Gasteiger partial charge in [0.1, 0.15) is 5.82 Å². The zero-order valence-corrected chi connectivity index (χ0v) is 25.1. The third-order valence-corrected chi connectivity index (χ3v) is 9.02. The fraction of sp³-hybridized carbons (Fsp3) is 0.455. The first-order chi connectivity index (χ1) is 20.9. The molecule has 3 atom stereocenters. The van der Waals surface area contributed by atoms with Crippen LogP contribution in [0.25, 0.3) is 10.8 Å². The molecule has 2 saturated heterocycles. The number of carbonyl (C=O) groups excluding carboxylic acids is 1. The number of hydrogen-bond donors (Lipinski definition) is 1. The van der Waals surface area contributed by atoms with Gasteiger partial charge in [0.15, 0.2) is 0 Å². The number of piperazine rings is 1. The van der Waals surface area contributed by atoms with E-state index in [1.54, 1.807) is 4.90 Å². The lowest BCUT2D eigenvalue weighted by molar-refractivity contribution is -0.128. The lowest BCUT2D eigenvalue weighted by Crippen LogP contribution is -2.55. The quantitative estimate of drug-likeness (QED) is 0.421. The van der Waals surface area contributed by atoms with E-state index in [9.17, 15) is 10.1 Å². The van der Waals surface area contributed by atoms with Crippen LogP contribution in [0.4, 0.5) is 17.5 Å². The smallest absolute Gasteiger partial charge is 0.246 e. The number of fused-ring (bicyclic) bond motifs is 2. The number of nitriles is 1. The van der Waals surface area contributed by atoms with Crippen LogP contribution in [-0.2, 0) is 22.5 Å². The van der Waals surface area contributed by atoms with Crippen LogP contribution in [0.5, 0.6) is 0 Å². The molecule has 1 amide bonds. The van der Waals surface area contributed by atoms with Crippen LogP contribution in [0.3, 0.4) is 0 Å². The van der Waals surface area contributed by atoms with Gasteiger partial charge in [0.25, 0.3) is 0 Å². The average Bonchev–Trinajstić information content (AvgIpc) is 3.04. The van der Waals surface area contributed by atoms with Crippen LogP contribution in [-0.4, -0.2) is 96.8 Å². The minimum Gasteiger partial charge on any atom is -0.373 e. The van der Waals surface area contributed by atoms with Crippen LogP contribution >= 0.6 is 0 Å². The van der Waals surface area contributed by atoms with Gasteiger partial charge in [0.2, 0.25) is 11.9 Å². The Morgan fingerprint density at radius 1 is 1.14 bits per heavy atom. The van der Waals surface area contributed by atoms with Crippen molar-refractivity contribution < 1.29 is 9.53 Å². The molecule has 3 aliphatic heterocycles. The Bertz CT molecular complexity index is 1530. The molecule has 1 aromatic heterocycles. The van der Waals surface area contributed by atoms with Gasteiger partial charge >= 0.3 is 0 Å². The van der Waals surface area contributed by atoms with Crippen molar-refractivity contribution in [3.8, 4) is 6.07 Å². The summed E-state index contributed by atoms with van der Waals surface area (Å²) in [4.78, 5) is 31.4. The van der Waals surface area contributed by atoms with Gasteiger partial charge in [-0.2, -0.15) is 10.2 Å². The summed E-state index contributed by atoms with van der Waals surface area (Å²) in [5.74, 6) is 1.35. The summed E-state index contributed by atoms with van der Waals surface area (Å²) >= 11 is 0.